The smallest absolute Gasteiger partial charge is 0.339 e. The summed E-state index contributed by atoms with van der Waals surface area (Å²) in [6, 6.07) is 9.94. The molecule has 7 heteroatoms. The molecule has 128 valence electrons. The van der Waals surface area contributed by atoms with Crippen LogP contribution in [0.25, 0.3) is 11.5 Å². The van der Waals surface area contributed by atoms with Crippen molar-refractivity contribution in [2.45, 2.75) is 20.0 Å². The zero-order chi connectivity index (χ0) is 18.0. The number of aryl methyl sites for hydroxylation is 1. The van der Waals surface area contributed by atoms with E-state index in [2.05, 4.69) is 10.2 Å². The third-order valence-electron chi connectivity index (χ3n) is 3.44. The summed E-state index contributed by atoms with van der Waals surface area (Å²) in [5.41, 5.74) is 1.54. The van der Waals surface area contributed by atoms with Crippen LogP contribution in [0.1, 0.15) is 34.8 Å². The molecule has 0 bridgehead atoms. The Labute approximate surface area is 142 Å². The van der Waals surface area contributed by atoms with Crippen molar-refractivity contribution in [1.82, 2.24) is 10.2 Å². The fourth-order valence-corrected chi connectivity index (χ4v) is 2.24. The molecule has 0 aliphatic rings. The van der Waals surface area contributed by atoms with Crippen molar-refractivity contribution in [3.63, 3.8) is 0 Å². The van der Waals surface area contributed by atoms with Crippen LogP contribution < -0.4 is 0 Å². The second-order valence-electron chi connectivity index (χ2n) is 5.52. The van der Waals surface area contributed by atoms with E-state index in [1.54, 1.807) is 0 Å². The van der Waals surface area contributed by atoms with Crippen molar-refractivity contribution in [2.24, 2.45) is 0 Å². The Morgan fingerprint density at radius 3 is 2.52 bits per heavy atom. The number of rotatable bonds is 4. The van der Waals surface area contributed by atoms with E-state index >= 15 is 0 Å². The lowest BCUT2D eigenvalue weighted by Crippen LogP contribution is -2.10. The van der Waals surface area contributed by atoms with Crippen molar-refractivity contribution in [2.75, 3.05) is 0 Å². The Balaban J connectivity index is 1.75. The first-order valence-electron chi connectivity index (χ1n) is 7.50. The Kier molecular flexibility index (Phi) is 4.56. The lowest BCUT2D eigenvalue weighted by molar-refractivity contribution is 0.0278. The summed E-state index contributed by atoms with van der Waals surface area (Å²) >= 11 is 0. The summed E-state index contributed by atoms with van der Waals surface area (Å²) in [4.78, 5) is 12.0. The second kappa shape index (κ2) is 6.80. The molecule has 0 aliphatic heterocycles. The van der Waals surface area contributed by atoms with Gasteiger partial charge in [0, 0.05) is 11.6 Å². The topological polar surface area (TPSA) is 65.2 Å². The maximum absolute atomic E-state index is 13.2. The van der Waals surface area contributed by atoms with Crippen molar-refractivity contribution >= 4 is 5.97 Å². The highest BCUT2D eigenvalue weighted by Gasteiger charge is 2.20. The van der Waals surface area contributed by atoms with E-state index in [4.69, 9.17) is 9.15 Å². The number of carbonyl (C=O) groups is 1. The van der Waals surface area contributed by atoms with Crippen LogP contribution >= 0.6 is 0 Å². The molecule has 1 unspecified atom stereocenters. The molecule has 1 heterocycles. The van der Waals surface area contributed by atoms with Gasteiger partial charge in [0.2, 0.25) is 5.89 Å². The van der Waals surface area contributed by atoms with Gasteiger partial charge >= 0.3 is 5.97 Å². The maximum Gasteiger partial charge on any atom is 0.339 e. The Bertz CT molecular complexity index is 904. The predicted octanol–water partition coefficient (Wildman–Crippen LogP) is 4.24. The average molecular weight is 344 g/mol. The van der Waals surface area contributed by atoms with E-state index in [0.29, 0.717) is 12.0 Å². The van der Waals surface area contributed by atoms with Gasteiger partial charge in [-0.1, -0.05) is 17.7 Å². The van der Waals surface area contributed by atoms with E-state index in [9.17, 15) is 13.6 Å². The number of hydrogen-bond acceptors (Lipinski definition) is 5. The summed E-state index contributed by atoms with van der Waals surface area (Å²) in [6.07, 6.45) is -0.870. The number of hydrogen-bond donors (Lipinski definition) is 0. The molecule has 3 aromatic rings. The molecular formula is C18H14F2N2O3. The van der Waals surface area contributed by atoms with Gasteiger partial charge in [0.05, 0.1) is 5.56 Å². The Hall–Kier alpha value is -3.09. The fourth-order valence-electron chi connectivity index (χ4n) is 2.24. The van der Waals surface area contributed by atoms with Crippen molar-refractivity contribution in [1.29, 1.82) is 0 Å². The summed E-state index contributed by atoms with van der Waals surface area (Å²) in [5.74, 6) is -2.24. The molecule has 0 spiro atoms. The highest BCUT2D eigenvalue weighted by molar-refractivity contribution is 5.89. The van der Waals surface area contributed by atoms with E-state index < -0.39 is 23.7 Å². The molecule has 0 aliphatic carbocycles. The standard InChI is InChI=1S/C18H14F2N2O3/c1-10-4-3-5-12(6-10)17-22-21-16(25-17)11(2)24-18(23)13-7-14(19)9-15(20)8-13/h3-9,11H,1-2H3. The molecule has 1 atom stereocenters. The number of esters is 1. The third kappa shape index (κ3) is 3.88. The van der Waals surface area contributed by atoms with Crippen LogP contribution in [0.5, 0.6) is 0 Å². The van der Waals surface area contributed by atoms with Gasteiger partial charge in [0.25, 0.3) is 5.89 Å². The molecule has 0 N–H and O–H groups in total. The molecule has 25 heavy (non-hydrogen) atoms. The van der Waals surface area contributed by atoms with Crippen molar-refractivity contribution in [3.8, 4) is 11.5 Å². The monoisotopic (exact) mass is 344 g/mol. The fraction of sp³-hybridized carbons (Fsp3) is 0.167. The highest BCUT2D eigenvalue weighted by Crippen LogP contribution is 2.24. The van der Waals surface area contributed by atoms with Crippen LogP contribution in [-0.2, 0) is 4.74 Å². The first-order valence-corrected chi connectivity index (χ1v) is 7.50. The summed E-state index contributed by atoms with van der Waals surface area (Å²) in [5, 5.41) is 7.79. The van der Waals surface area contributed by atoms with Crippen LogP contribution in [0, 0.1) is 18.6 Å². The quantitative estimate of drug-likeness (QED) is 0.662. The number of halogens is 2. The van der Waals surface area contributed by atoms with E-state index in [-0.39, 0.29) is 11.5 Å². The van der Waals surface area contributed by atoms with Crippen LogP contribution in [0.15, 0.2) is 46.9 Å². The number of benzene rings is 2. The number of carbonyl (C=O) groups excluding carboxylic acids is 1. The van der Waals surface area contributed by atoms with Gasteiger partial charge in [-0.05, 0) is 38.1 Å². The third-order valence-corrected chi connectivity index (χ3v) is 3.44. The Morgan fingerprint density at radius 1 is 1.12 bits per heavy atom. The van der Waals surface area contributed by atoms with Gasteiger partial charge in [0.1, 0.15) is 11.6 Å². The number of aromatic nitrogens is 2. The lowest BCUT2D eigenvalue weighted by atomic mass is 10.1. The SMILES string of the molecule is Cc1cccc(-c2nnc(C(C)OC(=O)c3cc(F)cc(F)c3)o2)c1. The predicted molar refractivity (Wildman–Crippen MR) is 84.7 cm³/mol. The van der Waals surface area contributed by atoms with Crippen molar-refractivity contribution in [3.05, 3.63) is 71.1 Å². The molecule has 2 aromatic carbocycles. The van der Waals surface area contributed by atoms with Crippen LogP contribution in [0.4, 0.5) is 8.78 Å². The lowest BCUT2D eigenvalue weighted by Gasteiger charge is -2.09. The van der Waals surface area contributed by atoms with E-state index in [1.807, 2.05) is 31.2 Å². The molecule has 5 nitrogen and oxygen atoms in total. The number of nitrogens with zero attached hydrogens (tertiary/aromatic N) is 2. The van der Waals surface area contributed by atoms with Crippen LogP contribution in [0.3, 0.4) is 0 Å². The molecule has 0 radical (unpaired) electrons. The molecular weight excluding hydrogens is 330 g/mol. The highest BCUT2D eigenvalue weighted by atomic mass is 19.1. The maximum atomic E-state index is 13.2. The molecule has 0 saturated carbocycles. The van der Waals surface area contributed by atoms with Gasteiger partial charge in [-0.15, -0.1) is 10.2 Å². The second-order valence-corrected chi connectivity index (χ2v) is 5.52. The first kappa shape index (κ1) is 16.8. The molecule has 1 aromatic heterocycles. The average Bonchev–Trinajstić information content (AvgIpc) is 3.04. The molecule has 0 saturated heterocycles. The number of ether oxygens (including phenoxy) is 1. The van der Waals surface area contributed by atoms with Gasteiger partial charge in [-0.2, -0.15) is 0 Å². The minimum absolute atomic E-state index is 0.0849. The normalized spacial score (nSPS) is 12.0. The summed E-state index contributed by atoms with van der Waals surface area (Å²) in [7, 11) is 0. The minimum Gasteiger partial charge on any atom is -0.449 e. The first-order chi connectivity index (χ1) is 11.9. The van der Waals surface area contributed by atoms with Gasteiger partial charge in [0.15, 0.2) is 6.10 Å². The van der Waals surface area contributed by atoms with Crippen LogP contribution in [-0.4, -0.2) is 16.2 Å². The van der Waals surface area contributed by atoms with E-state index in [0.717, 1.165) is 23.3 Å². The molecule has 3 rings (SSSR count). The summed E-state index contributed by atoms with van der Waals surface area (Å²) < 4.78 is 37.0. The van der Waals surface area contributed by atoms with Gasteiger partial charge in [-0.25, -0.2) is 13.6 Å². The molecule has 0 amide bonds. The minimum atomic E-state index is -0.888. The zero-order valence-electron chi connectivity index (χ0n) is 13.5. The van der Waals surface area contributed by atoms with Gasteiger partial charge in [-0.3, -0.25) is 0 Å². The van der Waals surface area contributed by atoms with Crippen LogP contribution in [0.2, 0.25) is 0 Å². The summed E-state index contributed by atoms with van der Waals surface area (Å²) in [6.45, 7) is 3.46. The molecule has 0 fully saturated rings. The van der Waals surface area contributed by atoms with Crippen molar-refractivity contribution < 1.29 is 22.7 Å². The van der Waals surface area contributed by atoms with E-state index in [1.165, 1.54) is 6.92 Å². The largest absolute Gasteiger partial charge is 0.449 e. The Morgan fingerprint density at radius 2 is 1.84 bits per heavy atom. The van der Waals surface area contributed by atoms with Gasteiger partial charge < -0.3 is 9.15 Å². The zero-order valence-corrected chi connectivity index (χ0v) is 13.5.